The van der Waals surface area contributed by atoms with Crippen LogP contribution >= 0.6 is 35.3 Å². The molecule has 47 heteroatoms. The molecular weight excluding hydrogens is 1680 g/mol. The van der Waals surface area contributed by atoms with Crippen molar-refractivity contribution < 1.29 is 122 Å². The summed E-state index contributed by atoms with van der Waals surface area (Å²) in [6.07, 6.45) is -2.55. The van der Waals surface area contributed by atoms with Crippen molar-refractivity contribution in [1.29, 1.82) is 0 Å². The van der Waals surface area contributed by atoms with Crippen LogP contribution in [0, 0.1) is 0 Å². The first kappa shape index (κ1) is 96.7. The number of urea groups is 1. The van der Waals surface area contributed by atoms with Gasteiger partial charge < -0.3 is 141 Å². The van der Waals surface area contributed by atoms with Gasteiger partial charge in [0.1, 0.15) is 106 Å². The average Bonchev–Trinajstić information content (AvgIpc) is 1.57. The maximum Gasteiger partial charge on any atom is 0.327 e. The van der Waals surface area contributed by atoms with Gasteiger partial charge in [-0.15, -0.1) is 35.3 Å². The number of thioether (sulfide) groups is 3. The number of nitrogens with one attached hydrogen (secondary N) is 11. The summed E-state index contributed by atoms with van der Waals surface area (Å²) in [5.41, 5.74) is 21.5. The standard InChI is InChI=1S/C25H43N13O10.3C17H20N2O5S/c26-3-1-2-10(27)4-16(41)32-12-6-30-23(47)18(11-5-17(42)37-24(28)36-11)38-20(44)13(7-31-25(29)48)33-21(45)14(8-39)35-22(46)15(9-40)34-19(12)43;3*1-9(24-10-7-5-4-6-8-10)13(20)18-11-14(21)19-12(16(22)23)17(2,3)25-15(11)19/h7,10-12,14-15,17-18,39-40,42H,1-6,8-9,26-27H2,(H,30,47)(H,32,41)(H,33,45)(H,34,43)(H,35,46)(H,38,44)(H3,28,36,37)(H3,29,31,48);3*4-9,11-12,15H,1-3H3,(H,18,20)(H,22,23)/b13-7-;;;/t10-,11+,12-,14-,15-,17-,18-;3*9?,11-,12+,15-/m0111/s1. The van der Waals surface area contributed by atoms with Gasteiger partial charge in [-0.3, -0.25) is 57.5 Å². The summed E-state index contributed by atoms with van der Waals surface area (Å²) in [5, 5.41) is 82.8. The van der Waals surface area contributed by atoms with Crippen LogP contribution in [0.3, 0.4) is 0 Å². The van der Waals surface area contributed by atoms with Crippen LogP contribution in [0.15, 0.2) is 108 Å². The molecule has 7 saturated heterocycles. The molecule has 3 aromatic rings. The molecule has 25 N–H and O–H groups in total. The molecule has 8 aliphatic heterocycles. The van der Waals surface area contributed by atoms with Gasteiger partial charge in [0.05, 0.1) is 19.3 Å². The van der Waals surface area contributed by atoms with Crippen LogP contribution in [0.5, 0.6) is 17.2 Å². The van der Waals surface area contributed by atoms with E-state index in [0.29, 0.717) is 42.8 Å². The van der Waals surface area contributed by atoms with Crippen LogP contribution in [0.25, 0.3) is 0 Å². The molecule has 0 bridgehead atoms. The molecular formula is C76H103N19O25S3. The molecule has 3 unspecified atom stereocenters. The molecule has 0 radical (unpaired) electrons. The SMILES string of the molecule is CC(Oc1ccccc1)C(=O)N[C@@H]1C(=O)N2[C@@H]1SC(C)(C)[C@@H]2C(=O)O.CC(Oc1ccccc1)C(=O)N[C@@H]1C(=O)N2[C@@H]1SC(C)(C)[C@@H]2C(=O)O.CC(Oc1ccccc1)C(=O)N[C@@H]1C(=O)N2[C@@H]1SC(C)(C)[C@@H]2C(=O)O.NCCC[C@H](N)CC(=O)N[C@H]1CNC(=O)[C@H]([C@H]2C[C@H](O)NC(N)=N2)NC(=O)/C(=C/NC(N)=O)NC(=O)[C@H](CO)NC(=O)[C@H](CO)NC1=O. The Kier molecular flexibility index (Phi) is 32.9. The Morgan fingerprint density at radius 3 is 1.31 bits per heavy atom. The molecule has 8 aliphatic rings. The van der Waals surface area contributed by atoms with E-state index in [4.69, 9.17) is 37.1 Å². The first-order chi connectivity index (χ1) is 57.8. The first-order valence-corrected chi connectivity index (χ1v) is 41.2. The number of aliphatic imine (C=N–C) groups is 1. The number of fused-ring (bicyclic) bond motifs is 3. The van der Waals surface area contributed by atoms with Crippen LogP contribution in [0.4, 0.5) is 4.79 Å². The third-order valence-corrected chi connectivity index (χ3v) is 24.8. The minimum atomic E-state index is -1.78. The van der Waals surface area contributed by atoms with E-state index >= 15 is 0 Å². The van der Waals surface area contributed by atoms with Gasteiger partial charge in [0, 0.05) is 45.9 Å². The fraction of sp³-hybridized carbons (Fsp3) is 0.513. The lowest BCUT2D eigenvalue weighted by Crippen LogP contribution is -2.71. The zero-order chi connectivity index (χ0) is 91.0. The number of primary amides is 1. The maximum atomic E-state index is 13.6. The number of ether oxygens (including phenoxy) is 3. The van der Waals surface area contributed by atoms with Gasteiger partial charge in [0.2, 0.25) is 47.3 Å². The molecule has 44 nitrogen and oxygen atoms in total. The van der Waals surface area contributed by atoms with Crippen molar-refractivity contribution in [2.45, 2.75) is 215 Å². The van der Waals surface area contributed by atoms with E-state index in [1.807, 2.05) is 23.5 Å². The Morgan fingerprint density at radius 1 is 0.569 bits per heavy atom. The van der Waals surface area contributed by atoms with E-state index in [-0.39, 0.29) is 52.6 Å². The summed E-state index contributed by atoms with van der Waals surface area (Å²) in [6.45, 7) is 13.2. The topological polar surface area (TPSA) is 681 Å². The van der Waals surface area contributed by atoms with Crippen molar-refractivity contribution in [2.75, 3.05) is 26.3 Å². The number of benzene rings is 3. The van der Waals surface area contributed by atoms with Gasteiger partial charge in [-0.25, -0.2) is 24.2 Å². The third kappa shape index (κ3) is 24.2. The highest BCUT2D eigenvalue weighted by Gasteiger charge is 2.67. The Balaban J connectivity index is 0.000000214. The molecule has 123 heavy (non-hydrogen) atoms. The zero-order valence-electron chi connectivity index (χ0n) is 68.1. The minimum Gasteiger partial charge on any atom is -0.481 e. The van der Waals surface area contributed by atoms with Crippen molar-refractivity contribution in [3.8, 4) is 17.2 Å². The van der Waals surface area contributed by atoms with Gasteiger partial charge in [0.25, 0.3) is 23.6 Å². The number of para-hydroxylation sites is 3. The highest BCUT2D eigenvalue weighted by atomic mass is 32.2. The van der Waals surface area contributed by atoms with E-state index in [0.717, 1.165) is 0 Å². The molecule has 7 fully saturated rings. The number of guanidine groups is 1. The second kappa shape index (κ2) is 41.9. The van der Waals surface area contributed by atoms with Crippen molar-refractivity contribution >= 4 is 136 Å². The Morgan fingerprint density at radius 2 is 0.951 bits per heavy atom. The predicted molar refractivity (Wildman–Crippen MR) is 440 cm³/mol. The molecule has 0 saturated carbocycles. The fourth-order valence-corrected chi connectivity index (χ4v) is 18.8. The molecule has 0 spiro atoms. The summed E-state index contributed by atoms with van der Waals surface area (Å²) in [6, 6.07) is 12.2. The molecule has 11 rings (SSSR count). The van der Waals surface area contributed by atoms with Gasteiger partial charge in [-0.1, -0.05) is 54.6 Å². The van der Waals surface area contributed by atoms with Crippen molar-refractivity contribution in [3.05, 3.63) is 103 Å². The van der Waals surface area contributed by atoms with E-state index in [1.165, 1.54) is 50.0 Å². The highest BCUT2D eigenvalue weighted by molar-refractivity contribution is 8.02. The van der Waals surface area contributed by atoms with E-state index in [2.05, 4.69) is 58.2 Å². The smallest absolute Gasteiger partial charge is 0.327 e. The van der Waals surface area contributed by atoms with Crippen LogP contribution in [0.2, 0.25) is 0 Å². The number of hydrogen-bond acceptors (Lipinski definition) is 30. The molecule has 14 amide bonds. The molecule has 0 aliphatic carbocycles. The number of carbonyl (C=O) groups excluding carboxylic acids is 13. The first-order valence-electron chi connectivity index (χ1n) is 38.6. The number of nitrogens with zero attached hydrogens (tertiary/aromatic N) is 4. The number of aliphatic hydroxyl groups is 3. The number of β-lactam (4-membered cyclic amide) rings is 3. The largest absolute Gasteiger partial charge is 0.481 e. The zero-order valence-corrected chi connectivity index (χ0v) is 70.6. The Hall–Kier alpha value is -11.8. The highest BCUT2D eigenvalue weighted by Crippen LogP contribution is 2.53. The number of carbonyl (C=O) groups is 16. The van der Waals surface area contributed by atoms with Gasteiger partial charge >= 0.3 is 23.9 Å². The lowest BCUT2D eigenvalue weighted by atomic mass is 9.96. The Labute approximate surface area is 717 Å². The fourth-order valence-electron chi connectivity index (χ4n) is 14.0. The number of aliphatic hydroxyl groups excluding tert-OH is 3. The molecule has 8 heterocycles. The summed E-state index contributed by atoms with van der Waals surface area (Å²) < 4.78 is 14.8. The van der Waals surface area contributed by atoms with Crippen LogP contribution in [-0.4, -0.2) is 300 Å². The summed E-state index contributed by atoms with van der Waals surface area (Å²) in [5.74, 6) is -10.4. The summed E-state index contributed by atoms with van der Waals surface area (Å²) >= 11 is 4.18. The number of aliphatic carboxylic acids is 3. The van der Waals surface area contributed by atoms with Gasteiger partial charge in [-0.05, 0) is 118 Å². The maximum absolute atomic E-state index is 13.6. The van der Waals surface area contributed by atoms with Crippen molar-refractivity contribution in [1.82, 2.24) is 73.2 Å². The lowest BCUT2D eigenvalue weighted by Gasteiger charge is -2.43. The lowest BCUT2D eigenvalue weighted by molar-refractivity contribution is -0.161. The van der Waals surface area contributed by atoms with Crippen LogP contribution < -0.4 is 95.6 Å². The number of hydrogen-bond donors (Lipinski definition) is 21. The monoisotopic (exact) mass is 1780 g/mol. The molecule has 3 aromatic carbocycles. The second-order valence-electron chi connectivity index (χ2n) is 30.7. The Bertz CT molecular complexity index is 4210. The number of carboxylic acids is 3. The normalized spacial score (nSPS) is 27.8. The van der Waals surface area contributed by atoms with Crippen LogP contribution in [0.1, 0.15) is 88.0 Å². The number of amides is 14. The third-order valence-electron chi connectivity index (χ3n) is 20.1. The van der Waals surface area contributed by atoms with Gasteiger partial charge in [-0.2, -0.15) is 0 Å². The van der Waals surface area contributed by atoms with Gasteiger partial charge in [0.15, 0.2) is 24.3 Å². The van der Waals surface area contributed by atoms with E-state index in [1.54, 1.807) is 135 Å². The van der Waals surface area contributed by atoms with E-state index in [9.17, 15) is 107 Å². The summed E-state index contributed by atoms with van der Waals surface area (Å²) in [4.78, 5) is 207. The van der Waals surface area contributed by atoms with Crippen molar-refractivity contribution in [3.63, 3.8) is 0 Å². The van der Waals surface area contributed by atoms with E-state index < -0.39 is 214 Å². The number of carboxylic acid groups (broad SMARTS) is 3. The molecule has 0 aromatic heterocycles. The van der Waals surface area contributed by atoms with Crippen molar-refractivity contribution in [2.24, 2.45) is 27.9 Å². The minimum absolute atomic E-state index is 0.247. The number of rotatable bonds is 25. The molecule has 19 atom stereocenters. The second-order valence-corrected chi connectivity index (χ2v) is 36.0. The van der Waals surface area contributed by atoms with Crippen LogP contribution in [-0.2, 0) is 71.9 Å². The number of nitrogens with two attached hydrogens (primary N) is 4. The average molecular weight is 1780 g/mol. The quantitative estimate of drug-likeness (QED) is 0.0278. The molecule has 670 valence electrons. The summed E-state index contributed by atoms with van der Waals surface area (Å²) in [7, 11) is 0. The predicted octanol–water partition coefficient (Wildman–Crippen LogP) is -5.63.